The van der Waals surface area contributed by atoms with E-state index >= 15 is 0 Å². The van der Waals surface area contributed by atoms with E-state index < -0.39 is 0 Å². The van der Waals surface area contributed by atoms with Crippen molar-refractivity contribution in [1.82, 2.24) is 5.32 Å². The molecule has 0 bridgehead atoms. The van der Waals surface area contributed by atoms with Crippen molar-refractivity contribution in [3.63, 3.8) is 0 Å². The summed E-state index contributed by atoms with van der Waals surface area (Å²) in [5, 5.41) is 11.3. The summed E-state index contributed by atoms with van der Waals surface area (Å²) in [5.74, 6) is 0.109. The normalized spacial score (nSPS) is 25.9. The molecular formula is C18H21N3O. The smallest absolute Gasteiger partial charge is 0.229 e. The van der Waals surface area contributed by atoms with Gasteiger partial charge in [-0.15, -0.1) is 0 Å². The minimum atomic E-state index is -0.180. The lowest BCUT2D eigenvalue weighted by molar-refractivity contribution is -0.125. The van der Waals surface area contributed by atoms with E-state index in [9.17, 15) is 4.79 Å². The van der Waals surface area contributed by atoms with Gasteiger partial charge in [0.15, 0.2) is 0 Å². The topological polar surface area (TPSA) is 65.3 Å². The fourth-order valence-electron chi connectivity index (χ4n) is 3.09. The molecule has 4 nitrogen and oxygen atoms in total. The van der Waals surface area contributed by atoms with E-state index in [1.54, 1.807) is 0 Å². The van der Waals surface area contributed by atoms with Crippen molar-refractivity contribution in [3.05, 3.63) is 47.7 Å². The third-order valence-corrected chi connectivity index (χ3v) is 4.20. The van der Waals surface area contributed by atoms with Gasteiger partial charge in [-0.05, 0) is 25.2 Å². The number of nitrogens with zero attached hydrogens (tertiary/aromatic N) is 1. The molecule has 1 saturated heterocycles. The summed E-state index contributed by atoms with van der Waals surface area (Å²) >= 11 is 0. The molecule has 0 saturated carbocycles. The second-order valence-electron chi connectivity index (χ2n) is 6.06. The molecule has 0 aliphatic carbocycles. The Labute approximate surface area is 130 Å². The second kappa shape index (κ2) is 6.26. The molecule has 1 fully saturated rings. The molecule has 2 unspecified atom stereocenters. The Bertz CT molecular complexity index is 646. The highest BCUT2D eigenvalue weighted by molar-refractivity contribution is 6.47. The molecule has 114 valence electrons. The Kier molecular flexibility index (Phi) is 4.18. The average molecular weight is 295 g/mol. The molecule has 0 spiro atoms. The van der Waals surface area contributed by atoms with Crippen molar-refractivity contribution in [3.8, 4) is 0 Å². The molecule has 1 aromatic rings. The number of allylic oxidation sites excluding steroid dienone is 1. The summed E-state index contributed by atoms with van der Waals surface area (Å²) in [5.41, 5.74) is 3.02. The lowest BCUT2D eigenvalue weighted by Crippen LogP contribution is -2.37. The quantitative estimate of drug-likeness (QED) is 0.865. The van der Waals surface area contributed by atoms with Gasteiger partial charge in [-0.2, -0.15) is 0 Å². The minimum Gasteiger partial charge on any atom is -0.356 e. The van der Waals surface area contributed by atoms with Gasteiger partial charge in [-0.25, -0.2) is 0 Å². The summed E-state index contributed by atoms with van der Waals surface area (Å²) in [4.78, 5) is 16.9. The fourth-order valence-corrected chi connectivity index (χ4v) is 3.09. The predicted molar refractivity (Wildman–Crippen MR) is 88.3 cm³/mol. The first kappa shape index (κ1) is 14.7. The van der Waals surface area contributed by atoms with Crippen molar-refractivity contribution in [2.24, 2.45) is 16.8 Å². The van der Waals surface area contributed by atoms with Gasteiger partial charge < -0.3 is 10.7 Å². The van der Waals surface area contributed by atoms with Crippen LogP contribution in [0.3, 0.4) is 0 Å². The average Bonchev–Trinajstić information content (AvgIpc) is 2.66. The van der Waals surface area contributed by atoms with Gasteiger partial charge in [0.2, 0.25) is 5.91 Å². The first-order valence-electron chi connectivity index (χ1n) is 7.86. The van der Waals surface area contributed by atoms with Crippen LogP contribution in [0.1, 0.15) is 31.7 Å². The van der Waals surface area contributed by atoms with Gasteiger partial charge in [0, 0.05) is 17.8 Å². The highest BCUT2D eigenvalue weighted by Gasteiger charge is 2.28. The fraction of sp³-hybridized carbons (Fsp3) is 0.389. The molecule has 2 atom stereocenters. The van der Waals surface area contributed by atoms with Gasteiger partial charge in [-0.3, -0.25) is 9.79 Å². The largest absolute Gasteiger partial charge is 0.356 e. The first-order chi connectivity index (χ1) is 10.6. The number of carbonyl (C=O) groups excluding carboxylic acids is 1. The van der Waals surface area contributed by atoms with E-state index in [1.807, 2.05) is 30.3 Å². The maximum absolute atomic E-state index is 12.2. The van der Waals surface area contributed by atoms with Crippen molar-refractivity contribution in [2.75, 3.05) is 6.54 Å². The number of hydrogen-bond donors (Lipinski definition) is 2. The zero-order chi connectivity index (χ0) is 15.5. The molecule has 2 N–H and O–H groups in total. The predicted octanol–water partition coefficient (Wildman–Crippen LogP) is 2.95. The number of nitrogens with one attached hydrogen (secondary N) is 2. The minimum absolute atomic E-state index is 0.0642. The summed E-state index contributed by atoms with van der Waals surface area (Å²) in [6, 6.07) is 9.81. The van der Waals surface area contributed by atoms with Crippen LogP contribution >= 0.6 is 0 Å². The zero-order valence-corrected chi connectivity index (χ0v) is 12.8. The molecule has 2 heterocycles. The molecule has 4 heteroatoms. The van der Waals surface area contributed by atoms with E-state index in [1.165, 1.54) is 0 Å². The number of amides is 1. The van der Waals surface area contributed by atoms with Crippen molar-refractivity contribution < 1.29 is 4.79 Å². The molecule has 22 heavy (non-hydrogen) atoms. The Hall–Kier alpha value is -2.23. The van der Waals surface area contributed by atoms with Crippen molar-refractivity contribution >= 4 is 17.3 Å². The Morgan fingerprint density at radius 3 is 2.77 bits per heavy atom. The maximum atomic E-state index is 12.2. The maximum Gasteiger partial charge on any atom is 0.229 e. The molecular weight excluding hydrogens is 274 g/mol. The van der Waals surface area contributed by atoms with Crippen molar-refractivity contribution in [1.29, 1.82) is 5.41 Å². The van der Waals surface area contributed by atoms with E-state index in [0.717, 1.165) is 30.6 Å². The van der Waals surface area contributed by atoms with Crippen LogP contribution in [0.2, 0.25) is 0 Å². The number of carbonyl (C=O) groups is 1. The van der Waals surface area contributed by atoms with Crippen LogP contribution in [0.5, 0.6) is 0 Å². The van der Waals surface area contributed by atoms with Crippen LogP contribution in [-0.4, -0.2) is 23.9 Å². The van der Waals surface area contributed by atoms with Gasteiger partial charge in [-0.1, -0.05) is 43.3 Å². The first-order valence-corrected chi connectivity index (χ1v) is 7.86. The Balaban J connectivity index is 2.00. The number of aliphatic imine (C=N–C) groups is 1. The van der Waals surface area contributed by atoms with Crippen molar-refractivity contribution in [2.45, 2.75) is 26.2 Å². The van der Waals surface area contributed by atoms with Crippen LogP contribution in [0.15, 0.2) is 47.1 Å². The highest BCUT2D eigenvalue weighted by Crippen LogP contribution is 2.27. The van der Waals surface area contributed by atoms with Crippen LogP contribution in [0.25, 0.3) is 0 Å². The standard InChI is InChI=1S/C18H21N3O/c1-12-10-15(19)17(13-6-3-2-4-7-13)21-16(11-12)14-8-5-9-20-18(14)22/h2-4,6-7,11-12,14,19H,5,8-10H2,1H3,(H,20,22). The number of rotatable bonds is 2. The summed E-state index contributed by atoms with van der Waals surface area (Å²) in [7, 11) is 0. The number of benzene rings is 1. The second-order valence-corrected chi connectivity index (χ2v) is 6.06. The van der Waals surface area contributed by atoms with Crippen LogP contribution in [0.4, 0.5) is 0 Å². The van der Waals surface area contributed by atoms with E-state index in [0.29, 0.717) is 17.8 Å². The van der Waals surface area contributed by atoms with E-state index in [2.05, 4.69) is 18.3 Å². The molecule has 2 aliphatic heterocycles. The molecule has 0 aromatic heterocycles. The SMILES string of the molecule is CC1C=C(C2CCCNC2=O)N=C(c2ccccc2)C(=N)C1. The van der Waals surface area contributed by atoms with Gasteiger partial charge >= 0.3 is 0 Å². The van der Waals surface area contributed by atoms with Gasteiger partial charge in [0.25, 0.3) is 0 Å². The summed E-state index contributed by atoms with van der Waals surface area (Å²) < 4.78 is 0. The lowest BCUT2D eigenvalue weighted by atomic mass is 9.93. The number of piperidine rings is 1. The lowest BCUT2D eigenvalue weighted by Gasteiger charge is -2.22. The molecule has 1 amide bonds. The molecule has 0 radical (unpaired) electrons. The van der Waals surface area contributed by atoms with Crippen LogP contribution < -0.4 is 5.32 Å². The summed E-state index contributed by atoms with van der Waals surface area (Å²) in [6.45, 7) is 2.84. The van der Waals surface area contributed by atoms with Crippen LogP contribution in [0, 0.1) is 17.2 Å². The van der Waals surface area contributed by atoms with E-state index in [-0.39, 0.29) is 17.7 Å². The zero-order valence-electron chi connectivity index (χ0n) is 12.8. The highest BCUT2D eigenvalue weighted by atomic mass is 16.1. The monoisotopic (exact) mass is 295 g/mol. The van der Waals surface area contributed by atoms with E-state index in [4.69, 9.17) is 10.4 Å². The van der Waals surface area contributed by atoms with Gasteiger partial charge in [0.05, 0.1) is 17.3 Å². The molecule has 3 rings (SSSR count). The number of hydrogen-bond acceptors (Lipinski definition) is 3. The molecule has 2 aliphatic rings. The van der Waals surface area contributed by atoms with Crippen LogP contribution in [-0.2, 0) is 4.79 Å². The van der Waals surface area contributed by atoms with Gasteiger partial charge in [0.1, 0.15) is 0 Å². The third kappa shape index (κ3) is 3.01. The molecule has 1 aromatic carbocycles. The summed E-state index contributed by atoms with van der Waals surface area (Å²) in [6.07, 6.45) is 4.55. The Morgan fingerprint density at radius 2 is 2.05 bits per heavy atom. The Morgan fingerprint density at radius 1 is 1.27 bits per heavy atom. The third-order valence-electron chi connectivity index (χ3n) is 4.20.